The lowest BCUT2D eigenvalue weighted by atomic mass is 10.1. The number of benzene rings is 2. The van der Waals surface area contributed by atoms with Crippen molar-refractivity contribution in [2.45, 2.75) is 18.9 Å². The Morgan fingerprint density at radius 1 is 1.09 bits per heavy atom. The molecule has 2 aromatic carbocycles. The zero-order valence-electron chi connectivity index (χ0n) is 12.6. The first-order chi connectivity index (χ1) is 11.2. The summed E-state index contributed by atoms with van der Waals surface area (Å²) in [7, 11) is 0. The Hall–Kier alpha value is -1.66. The first-order valence-corrected chi connectivity index (χ1v) is 8.63. The zero-order valence-corrected chi connectivity index (χ0v) is 14.7. The van der Waals surface area contributed by atoms with Crippen molar-refractivity contribution in [3.05, 3.63) is 81.1 Å². The number of rotatable bonds is 5. The average Bonchev–Trinajstić information content (AvgIpc) is 2.95. The largest absolute Gasteiger partial charge is 0.424 e. The SMILES string of the molecule is O=C(OC1=C(I)C(CCc2ccccc2)OC1)c1ccccc1. The van der Waals surface area contributed by atoms with Crippen molar-refractivity contribution in [1.29, 1.82) is 0 Å². The molecule has 0 saturated heterocycles. The Morgan fingerprint density at radius 3 is 2.43 bits per heavy atom. The predicted molar refractivity (Wildman–Crippen MR) is 97.4 cm³/mol. The summed E-state index contributed by atoms with van der Waals surface area (Å²) < 4.78 is 12.3. The number of carbonyl (C=O) groups excluding carboxylic acids is 1. The van der Waals surface area contributed by atoms with Gasteiger partial charge in [-0.3, -0.25) is 0 Å². The monoisotopic (exact) mass is 420 g/mol. The van der Waals surface area contributed by atoms with Gasteiger partial charge in [0.1, 0.15) is 12.4 Å². The number of esters is 1. The predicted octanol–water partition coefficient (Wildman–Crippen LogP) is 4.52. The smallest absolute Gasteiger partial charge is 0.343 e. The molecule has 0 bridgehead atoms. The maximum atomic E-state index is 12.1. The van der Waals surface area contributed by atoms with Crippen LogP contribution in [-0.4, -0.2) is 18.7 Å². The molecule has 118 valence electrons. The van der Waals surface area contributed by atoms with E-state index in [2.05, 4.69) is 34.7 Å². The van der Waals surface area contributed by atoms with Crippen molar-refractivity contribution in [3.8, 4) is 0 Å². The average molecular weight is 420 g/mol. The summed E-state index contributed by atoms with van der Waals surface area (Å²) in [5.41, 5.74) is 1.84. The molecule has 3 rings (SSSR count). The molecule has 3 nitrogen and oxygen atoms in total. The minimum Gasteiger partial charge on any atom is -0.424 e. The molecule has 1 heterocycles. The summed E-state index contributed by atoms with van der Waals surface area (Å²) in [6.45, 7) is 0.357. The first kappa shape index (κ1) is 16.2. The third kappa shape index (κ3) is 4.20. The fourth-order valence-electron chi connectivity index (χ4n) is 2.47. The highest BCUT2D eigenvalue weighted by Gasteiger charge is 2.27. The van der Waals surface area contributed by atoms with Crippen LogP contribution in [0.25, 0.3) is 0 Å². The maximum absolute atomic E-state index is 12.1. The van der Waals surface area contributed by atoms with Crippen molar-refractivity contribution >= 4 is 28.6 Å². The van der Waals surface area contributed by atoms with Gasteiger partial charge in [-0.1, -0.05) is 48.5 Å². The van der Waals surface area contributed by atoms with E-state index in [1.807, 2.05) is 36.4 Å². The van der Waals surface area contributed by atoms with E-state index in [0.717, 1.165) is 16.4 Å². The Labute approximate surface area is 149 Å². The van der Waals surface area contributed by atoms with Crippen molar-refractivity contribution in [1.82, 2.24) is 0 Å². The first-order valence-electron chi connectivity index (χ1n) is 7.55. The molecule has 0 N–H and O–H groups in total. The summed E-state index contributed by atoms with van der Waals surface area (Å²) in [6.07, 6.45) is 1.83. The number of carbonyl (C=O) groups is 1. The van der Waals surface area contributed by atoms with Crippen LogP contribution in [0.5, 0.6) is 0 Å². The second-order valence-corrected chi connectivity index (χ2v) is 6.51. The number of hydrogen-bond donors (Lipinski definition) is 0. The molecule has 1 aliphatic rings. The number of hydrogen-bond acceptors (Lipinski definition) is 3. The molecule has 0 aliphatic carbocycles. The summed E-state index contributed by atoms with van der Waals surface area (Å²) >= 11 is 2.23. The van der Waals surface area contributed by atoms with Gasteiger partial charge in [0.2, 0.25) is 0 Å². The number of halogens is 1. The van der Waals surface area contributed by atoms with Crippen molar-refractivity contribution in [2.24, 2.45) is 0 Å². The molecule has 1 aliphatic heterocycles. The Bertz CT molecular complexity index is 695. The Kier molecular flexibility index (Phi) is 5.46. The minimum absolute atomic E-state index is 0.00868. The van der Waals surface area contributed by atoms with Gasteiger partial charge in [-0.15, -0.1) is 0 Å². The standard InChI is InChI=1S/C19H17IO3/c20-18-16(12-11-14-7-3-1-4-8-14)22-13-17(18)23-19(21)15-9-5-2-6-10-15/h1-10,16H,11-13H2. The minimum atomic E-state index is -0.331. The van der Waals surface area contributed by atoms with Crippen LogP contribution in [0.2, 0.25) is 0 Å². The van der Waals surface area contributed by atoms with Crippen LogP contribution in [-0.2, 0) is 15.9 Å². The molecule has 0 aromatic heterocycles. The summed E-state index contributed by atoms with van der Waals surface area (Å²) in [5.74, 6) is 0.305. The van der Waals surface area contributed by atoms with Crippen molar-refractivity contribution in [3.63, 3.8) is 0 Å². The van der Waals surface area contributed by atoms with Gasteiger partial charge >= 0.3 is 5.97 Å². The molecule has 0 saturated carbocycles. The molecular formula is C19H17IO3. The molecule has 1 unspecified atom stereocenters. The lowest BCUT2D eigenvalue weighted by Gasteiger charge is -2.09. The van der Waals surface area contributed by atoms with Gasteiger partial charge in [0.15, 0.2) is 0 Å². The highest BCUT2D eigenvalue weighted by molar-refractivity contribution is 14.1. The lowest BCUT2D eigenvalue weighted by molar-refractivity contribution is 0.0546. The van der Waals surface area contributed by atoms with Gasteiger partial charge in [-0.05, 0) is 53.1 Å². The van der Waals surface area contributed by atoms with Gasteiger partial charge in [0.05, 0.1) is 15.2 Å². The van der Waals surface area contributed by atoms with Crippen molar-refractivity contribution < 1.29 is 14.3 Å². The van der Waals surface area contributed by atoms with E-state index in [4.69, 9.17) is 9.47 Å². The fraction of sp³-hybridized carbons (Fsp3) is 0.211. The van der Waals surface area contributed by atoms with E-state index >= 15 is 0 Å². The topological polar surface area (TPSA) is 35.5 Å². The Balaban J connectivity index is 1.60. The third-order valence-electron chi connectivity index (χ3n) is 3.73. The van der Waals surface area contributed by atoms with E-state index in [1.165, 1.54) is 5.56 Å². The molecule has 4 heteroatoms. The van der Waals surface area contributed by atoms with Crippen LogP contribution in [0, 0.1) is 0 Å². The second kappa shape index (κ2) is 7.75. The van der Waals surface area contributed by atoms with Crippen LogP contribution in [0.3, 0.4) is 0 Å². The molecule has 0 amide bonds. The van der Waals surface area contributed by atoms with Gasteiger partial charge < -0.3 is 9.47 Å². The third-order valence-corrected chi connectivity index (χ3v) is 5.02. The van der Waals surface area contributed by atoms with Gasteiger partial charge in [0, 0.05) is 0 Å². The molecule has 0 radical (unpaired) electrons. The molecule has 0 fully saturated rings. The van der Waals surface area contributed by atoms with E-state index in [0.29, 0.717) is 17.9 Å². The highest BCUT2D eigenvalue weighted by Crippen LogP contribution is 2.31. The van der Waals surface area contributed by atoms with Crippen LogP contribution >= 0.6 is 22.6 Å². The second-order valence-electron chi connectivity index (χ2n) is 5.35. The zero-order chi connectivity index (χ0) is 16.1. The van der Waals surface area contributed by atoms with Gasteiger partial charge in [0.25, 0.3) is 0 Å². The molecule has 1 atom stereocenters. The van der Waals surface area contributed by atoms with E-state index in [-0.39, 0.29) is 12.1 Å². The maximum Gasteiger partial charge on any atom is 0.343 e. The quantitative estimate of drug-likeness (QED) is 0.527. The van der Waals surface area contributed by atoms with E-state index in [1.54, 1.807) is 12.1 Å². The van der Waals surface area contributed by atoms with Crippen molar-refractivity contribution in [2.75, 3.05) is 6.61 Å². The molecule has 0 spiro atoms. The summed E-state index contributed by atoms with van der Waals surface area (Å²) in [4.78, 5) is 12.1. The van der Waals surface area contributed by atoms with Gasteiger partial charge in [-0.25, -0.2) is 4.79 Å². The molecular weight excluding hydrogens is 403 g/mol. The normalized spacial score (nSPS) is 17.3. The van der Waals surface area contributed by atoms with E-state index in [9.17, 15) is 4.79 Å². The van der Waals surface area contributed by atoms with Crippen LogP contribution in [0.1, 0.15) is 22.3 Å². The van der Waals surface area contributed by atoms with E-state index < -0.39 is 0 Å². The molecule has 2 aromatic rings. The molecule has 23 heavy (non-hydrogen) atoms. The van der Waals surface area contributed by atoms with Gasteiger partial charge in [-0.2, -0.15) is 0 Å². The lowest BCUT2D eigenvalue weighted by Crippen LogP contribution is -2.08. The number of ether oxygens (including phenoxy) is 2. The number of aryl methyl sites for hydroxylation is 1. The van der Waals surface area contributed by atoms with Crippen LogP contribution in [0.4, 0.5) is 0 Å². The Morgan fingerprint density at radius 2 is 1.74 bits per heavy atom. The summed E-state index contributed by atoms with van der Waals surface area (Å²) in [5, 5.41) is 0. The van der Waals surface area contributed by atoms with Crippen LogP contribution < -0.4 is 0 Å². The fourth-order valence-corrected chi connectivity index (χ4v) is 3.23. The summed E-state index contributed by atoms with van der Waals surface area (Å²) in [6, 6.07) is 19.3. The van der Waals surface area contributed by atoms with Crippen LogP contribution in [0.15, 0.2) is 70.0 Å². The highest BCUT2D eigenvalue weighted by atomic mass is 127.